The zero-order valence-corrected chi connectivity index (χ0v) is 17.8. The molecule has 2 fully saturated rings. The van der Waals surface area contributed by atoms with Gasteiger partial charge < -0.3 is 14.5 Å². The van der Waals surface area contributed by atoms with Crippen LogP contribution in [0.4, 0.5) is 5.69 Å². The van der Waals surface area contributed by atoms with Crippen molar-refractivity contribution in [3.63, 3.8) is 0 Å². The van der Waals surface area contributed by atoms with E-state index in [0.717, 1.165) is 5.69 Å². The first kappa shape index (κ1) is 20.8. The summed E-state index contributed by atoms with van der Waals surface area (Å²) in [7, 11) is -1.47. The summed E-state index contributed by atoms with van der Waals surface area (Å²) in [5.74, 6) is -0.357. The van der Waals surface area contributed by atoms with Gasteiger partial charge in [-0.05, 0) is 24.6 Å². The second-order valence-electron chi connectivity index (χ2n) is 7.85. The lowest BCUT2D eigenvalue weighted by Gasteiger charge is -2.37. The Labute approximate surface area is 175 Å². The fraction of sp³-hybridized carbons (Fsp3) is 0.550. The summed E-state index contributed by atoms with van der Waals surface area (Å²) < 4.78 is 29.9. The SMILES string of the molecule is COCCn1cnc2cc(N3CCN(C(=O)C4CCS(=O)(=O)C4)CC3)ccc2c1=O. The highest BCUT2D eigenvalue weighted by Crippen LogP contribution is 2.24. The highest BCUT2D eigenvalue weighted by Gasteiger charge is 2.36. The highest BCUT2D eigenvalue weighted by molar-refractivity contribution is 7.91. The van der Waals surface area contributed by atoms with Gasteiger partial charge in [-0.2, -0.15) is 0 Å². The van der Waals surface area contributed by atoms with Crippen LogP contribution in [0.5, 0.6) is 0 Å². The minimum Gasteiger partial charge on any atom is -0.383 e. The number of aromatic nitrogens is 2. The maximum absolute atomic E-state index is 12.6. The van der Waals surface area contributed by atoms with Gasteiger partial charge in [-0.15, -0.1) is 0 Å². The molecule has 1 atom stereocenters. The monoisotopic (exact) mass is 434 g/mol. The normalized spacial score (nSPS) is 21.3. The van der Waals surface area contributed by atoms with Crippen LogP contribution in [0.3, 0.4) is 0 Å². The number of amides is 1. The number of ether oxygens (including phenoxy) is 1. The van der Waals surface area contributed by atoms with E-state index in [9.17, 15) is 18.0 Å². The third-order valence-electron chi connectivity index (χ3n) is 5.88. The molecular formula is C20H26N4O5S. The Morgan fingerprint density at radius 3 is 2.67 bits per heavy atom. The van der Waals surface area contributed by atoms with Gasteiger partial charge in [0.15, 0.2) is 9.84 Å². The van der Waals surface area contributed by atoms with Crippen molar-refractivity contribution in [3.05, 3.63) is 34.9 Å². The molecule has 1 amide bonds. The van der Waals surface area contributed by atoms with Crippen LogP contribution in [0, 0.1) is 5.92 Å². The van der Waals surface area contributed by atoms with Crippen LogP contribution in [0.2, 0.25) is 0 Å². The van der Waals surface area contributed by atoms with Crippen LogP contribution >= 0.6 is 0 Å². The van der Waals surface area contributed by atoms with Crippen molar-refractivity contribution < 1.29 is 17.9 Å². The van der Waals surface area contributed by atoms with Gasteiger partial charge in [-0.25, -0.2) is 13.4 Å². The molecule has 2 saturated heterocycles. The van der Waals surface area contributed by atoms with E-state index >= 15 is 0 Å². The maximum atomic E-state index is 12.6. The predicted octanol–water partition coefficient (Wildman–Crippen LogP) is 0.126. The molecular weight excluding hydrogens is 408 g/mol. The molecule has 2 aromatic rings. The summed E-state index contributed by atoms with van der Waals surface area (Å²) in [5.41, 5.74) is 1.51. The van der Waals surface area contributed by atoms with Gasteiger partial charge in [0.2, 0.25) is 5.91 Å². The van der Waals surface area contributed by atoms with E-state index < -0.39 is 15.8 Å². The van der Waals surface area contributed by atoms with E-state index in [1.807, 2.05) is 12.1 Å². The third kappa shape index (κ3) is 4.20. The molecule has 0 bridgehead atoms. The van der Waals surface area contributed by atoms with E-state index in [-0.39, 0.29) is 23.0 Å². The van der Waals surface area contributed by atoms with Gasteiger partial charge in [0.1, 0.15) is 0 Å². The standard InChI is InChI=1S/C20H26N4O5S/c1-29-10-9-24-14-21-18-12-16(2-3-17(18)20(24)26)22-5-7-23(8-6-22)19(25)15-4-11-30(27,28)13-15/h2-3,12,14-15H,4-11,13H2,1H3. The molecule has 0 aliphatic carbocycles. The Hall–Kier alpha value is -2.46. The number of carbonyl (C=O) groups is 1. The van der Waals surface area contributed by atoms with Crippen molar-refractivity contribution in [2.24, 2.45) is 5.92 Å². The third-order valence-corrected chi connectivity index (χ3v) is 7.65. The van der Waals surface area contributed by atoms with Gasteiger partial charge in [-0.3, -0.25) is 14.2 Å². The molecule has 0 N–H and O–H groups in total. The summed E-state index contributed by atoms with van der Waals surface area (Å²) in [5, 5.41) is 0.564. The number of rotatable bonds is 5. The molecule has 0 saturated carbocycles. The van der Waals surface area contributed by atoms with Crippen molar-refractivity contribution in [1.29, 1.82) is 0 Å². The molecule has 1 unspecified atom stereocenters. The second-order valence-corrected chi connectivity index (χ2v) is 10.1. The van der Waals surface area contributed by atoms with E-state index in [2.05, 4.69) is 9.88 Å². The first-order valence-electron chi connectivity index (χ1n) is 10.1. The molecule has 0 radical (unpaired) electrons. The molecule has 0 spiro atoms. The van der Waals surface area contributed by atoms with Crippen LogP contribution in [0.25, 0.3) is 10.9 Å². The van der Waals surface area contributed by atoms with Gasteiger partial charge in [0.25, 0.3) is 5.56 Å². The zero-order chi connectivity index (χ0) is 21.3. The van der Waals surface area contributed by atoms with Gasteiger partial charge in [0, 0.05) is 39.0 Å². The number of benzene rings is 1. The first-order chi connectivity index (χ1) is 14.4. The topological polar surface area (TPSA) is 102 Å². The fourth-order valence-electron chi connectivity index (χ4n) is 4.13. The lowest BCUT2D eigenvalue weighted by molar-refractivity contribution is -0.135. The van der Waals surface area contributed by atoms with Gasteiger partial charge in [0.05, 0.1) is 47.8 Å². The van der Waals surface area contributed by atoms with Crippen molar-refractivity contribution in [3.8, 4) is 0 Å². The quantitative estimate of drug-likeness (QED) is 0.659. The van der Waals surface area contributed by atoms with Gasteiger partial charge in [-0.1, -0.05) is 0 Å². The molecule has 1 aromatic heterocycles. The Balaban J connectivity index is 1.43. The maximum Gasteiger partial charge on any atom is 0.261 e. The second kappa shape index (κ2) is 8.35. The van der Waals surface area contributed by atoms with Crippen LogP contribution < -0.4 is 10.5 Å². The number of sulfone groups is 1. The Kier molecular flexibility index (Phi) is 5.79. The Morgan fingerprint density at radius 2 is 2.00 bits per heavy atom. The zero-order valence-electron chi connectivity index (χ0n) is 17.0. The first-order valence-corrected chi connectivity index (χ1v) is 11.9. The van der Waals surface area contributed by atoms with Crippen LogP contribution in [0.1, 0.15) is 6.42 Å². The lowest BCUT2D eigenvalue weighted by Crippen LogP contribution is -2.50. The molecule has 9 nitrogen and oxygen atoms in total. The summed E-state index contributed by atoms with van der Waals surface area (Å²) in [6.45, 7) is 3.32. The number of nitrogens with zero attached hydrogens (tertiary/aromatic N) is 4. The van der Waals surface area contributed by atoms with E-state index in [4.69, 9.17) is 4.74 Å². The van der Waals surface area contributed by atoms with Crippen LogP contribution in [0.15, 0.2) is 29.3 Å². The van der Waals surface area contributed by atoms with Gasteiger partial charge >= 0.3 is 0 Å². The Morgan fingerprint density at radius 1 is 1.23 bits per heavy atom. The average Bonchev–Trinajstić information content (AvgIpc) is 3.12. The average molecular weight is 435 g/mol. The number of hydrogen-bond acceptors (Lipinski definition) is 7. The molecule has 10 heteroatoms. The molecule has 2 aliphatic heterocycles. The lowest BCUT2D eigenvalue weighted by atomic mass is 10.1. The predicted molar refractivity (Wildman–Crippen MR) is 113 cm³/mol. The van der Waals surface area contributed by atoms with Crippen molar-refractivity contribution in [2.75, 3.05) is 56.3 Å². The van der Waals surface area contributed by atoms with Crippen molar-refractivity contribution in [2.45, 2.75) is 13.0 Å². The van der Waals surface area contributed by atoms with E-state index in [1.54, 1.807) is 29.0 Å². The molecule has 30 heavy (non-hydrogen) atoms. The summed E-state index contributed by atoms with van der Waals surface area (Å²) in [6.07, 6.45) is 1.97. The molecule has 2 aliphatic rings. The summed E-state index contributed by atoms with van der Waals surface area (Å²) in [4.78, 5) is 33.6. The van der Waals surface area contributed by atoms with Crippen molar-refractivity contribution in [1.82, 2.24) is 14.5 Å². The fourth-order valence-corrected chi connectivity index (χ4v) is 5.86. The smallest absolute Gasteiger partial charge is 0.261 e. The van der Waals surface area contributed by atoms with E-state index in [0.29, 0.717) is 56.7 Å². The summed E-state index contributed by atoms with van der Waals surface area (Å²) in [6, 6.07) is 5.61. The molecule has 3 heterocycles. The molecule has 4 rings (SSSR count). The molecule has 162 valence electrons. The number of hydrogen-bond donors (Lipinski definition) is 0. The largest absolute Gasteiger partial charge is 0.383 e. The van der Waals surface area contributed by atoms with E-state index in [1.165, 1.54) is 0 Å². The number of methoxy groups -OCH3 is 1. The number of piperazine rings is 1. The minimum absolute atomic E-state index is 0.0235. The highest BCUT2D eigenvalue weighted by atomic mass is 32.2. The number of fused-ring (bicyclic) bond motifs is 1. The number of anilines is 1. The van der Waals surface area contributed by atoms with Crippen LogP contribution in [-0.4, -0.2) is 80.2 Å². The van der Waals surface area contributed by atoms with Crippen molar-refractivity contribution >= 4 is 32.3 Å². The number of carbonyl (C=O) groups excluding carboxylic acids is 1. The molecule has 1 aromatic carbocycles. The van der Waals surface area contributed by atoms with Crippen LogP contribution in [-0.2, 0) is 25.9 Å². The minimum atomic E-state index is -3.06. The Bertz CT molecular complexity index is 1110. The summed E-state index contributed by atoms with van der Waals surface area (Å²) >= 11 is 0.